The Morgan fingerprint density at radius 3 is 2.45 bits per heavy atom. The first kappa shape index (κ1) is 28.1. The lowest BCUT2D eigenvalue weighted by Crippen LogP contribution is -2.44. The zero-order valence-electron chi connectivity index (χ0n) is 22.2. The SMILES string of the molecule is CN(C)CCC[C@@H](CC(=O)NC1CCC1)NC(=O)c1cc(-c2ccccc2C(F)(F)F)n(C2CCCC2)n1. The molecule has 1 heterocycles. The minimum atomic E-state index is -4.53. The fraction of sp³-hybridized carbons (Fsp3) is 0.607. The second kappa shape index (κ2) is 12.3. The molecule has 0 unspecified atom stereocenters. The van der Waals surface area contributed by atoms with Crippen LogP contribution in [0.15, 0.2) is 30.3 Å². The van der Waals surface area contributed by atoms with Gasteiger partial charge in [-0.2, -0.15) is 18.3 Å². The molecule has 1 aromatic carbocycles. The van der Waals surface area contributed by atoms with E-state index in [0.717, 1.165) is 64.0 Å². The van der Waals surface area contributed by atoms with Gasteiger partial charge in [-0.1, -0.05) is 31.0 Å². The van der Waals surface area contributed by atoms with Crippen LogP contribution in [0.2, 0.25) is 0 Å². The fourth-order valence-electron chi connectivity index (χ4n) is 5.29. The minimum Gasteiger partial charge on any atom is -0.353 e. The van der Waals surface area contributed by atoms with E-state index in [2.05, 4.69) is 15.7 Å². The van der Waals surface area contributed by atoms with Gasteiger partial charge in [0, 0.05) is 24.1 Å². The first-order valence-electron chi connectivity index (χ1n) is 13.6. The van der Waals surface area contributed by atoms with Crippen LogP contribution in [0.25, 0.3) is 11.3 Å². The average molecular weight is 534 g/mol. The molecule has 2 aromatic rings. The lowest BCUT2D eigenvalue weighted by atomic mass is 9.93. The van der Waals surface area contributed by atoms with E-state index in [1.807, 2.05) is 19.0 Å². The summed E-state index contributed by atoms with van der Waals surface area (Å²) >= 11 is 0. The average Bonchev–Trinajstić information content (AvgIpc) is 3.50. The van der Waals surface area contributed by atoms with E-state index in [4.69, 9.17) is 0 Å². The quantitative estimate of drug-likeness (QED) is 0.417. The van der Waals surface area contributed by atoms with Gasteiger partial charge in [0.15, 0.2) is 5.69 Å². The Kier molecular flexibility index (Phi) is 9.12. The predicted molar refractivity (Wildman–Crippen MR) is 140 cm³/mol. The number of hydrogen-bond acceptors (Lipinski definition) is 4. The van der Waals surface area contributed by atoms with Gasteiger partial charge in [0.05, 0.1) is 17.3 Å². The summed E-state index contributed by atoms with van der Waals surface area (Å²) in [6, 6.07) is 6.63. The topological polar surface area (TPSA) is 79.3 Å². The van der Waals surface area contributed by atoms with Crippen molar-refractivity contribution in [2.75, 3.05) is 20.6 Å². The van der Waals surface area contributed by atoms with Crippen molar-refractivity contribution in [3.05, 3.63) is 41.6 Å². The number of carbonyl (C=O) groups excluding carboxylic acids is 2. The van der Waals surface area contributed by atoms with E-state index in [9.17, 15) is 22.8 Å². The van der Waals surface area contributed by atoms with Gasteiger partial charge >= 0.3 is 6.18 Å². The maximum atomic E-state index is 13.8. The number of amides is 2. The molecule has 2 fully saturated rings. The minimum absolute atomic E-state index is 0.0147. The first-order chi connectivity index (χ1) is 18.1. The molecule has 0 bridgehead atoms. The Morgan fingerprint density at radius 1 is 1.11 bits per heavy atom. The number of hydrogen-bond donors (Lipinski definition) is 2. The van der Waals surface area contributed by atoms with Crippen LogP contribution in [0.3, 0.4) is 0 Å². The summed E-state index contributed by atoms with van der Waals surface area (Å²) in [7, 11) is 3.93. The smallest absolute Gasteiger partial charge is 0.353 e. The van der Waals surface area contributed by atoms with Gasteiger partial charge in [-0.3, -0.25) is 14.3 Å². The third kappa shape index (κ3) is 7.15. The maximum absolute atomic E-state index is 13.8. The van der Waals surface area contributed by atoms with Crippen LogP contribution >= 0.6 is 0 Å². The Balaban J connectivity index is 1.57. The highest BCUT2D eigenvalue weighted by Gasteiger charge is 2.35. The molecule has 38 heavy (non-hydrogen) atoms. The van der Waals surface area contributed by atoms with Crippen molar-refractivity contribution in [1.29, 1.82) is 0 Å². The summed E-state index contributed by atoms with van der Waals surface area (Å²) in [5.41, 5.74) is -0.371. The molecule has 2 aliphatic rings. The van der Waals surface area contributed by atoms with E-state index in [0.29, 0.717) is 12.1 Å². The van der Waals surface area contributed by atoms with Gasteiger partial charge in [-0.15, -0.1) is 0 Å². The molecule has 0 aliphatic heterocycles. The summed E-state index contributed by atoms with van der Waals surface area (Å²) in [4.78, 5) is 28.0. The Hall–Kier alpha value is -2.88. The zero-order chi connectivity index (χ0) is 27.3. The molecule has 4 rings (SSSR count). The summed E-state index contributed by atoms with van der Waals surface area (Å²) in [5, 5.41) is 10.5. The number of halogens is 3. The number of benzene rings is 1. The largest absolute Gasteiger partial charge is 0.417 e. The molecule has 208 valence electrons. The lowest BCUT2D eigenvalue weighted by molar-refractivity contribution is -0.137. The monoisotopic (exact) mass is 533 g/mol. The third-order valence-electron chi connectivity index (χ3n) is 7.54. The summed E-state index contributed by atoms with van der Waals surface area (Å²) in [6.07, 6.45) is 3.62. The summed E-state index contributed by atoms with van der Waals surface area (Å²) in [5.74, 6) is -0.570. The highest BCUT2D eigenvalue weighted by atomic mass is 19.4. The molecule has 2 saturated carbocycles. The summed E-state index contributed by atoms with van der Waals surface area (Å²) < 4.78 is 43.1. The fourth-order valence-corrected chi connectivity index (χ4v) is 5.29. The number of rotatable bonds is 11. The summed E-state index contributed by atoms with van der Waals surface area (Å²) in [6.45, 7) is 0.811. The molecule has 2 N–H and O–H groups in total. The van der Waals surface area contributed by atoms with Crippen LogP contribution in [-0.2, 0) is 11.0 Å². The van der Waals surface area contributed by atoms with Gasteiger partial charge in [0.2, 0.25) is 5.91 Å². The van der Waals surface area contributed by atoms with Crippen molar-refractivity contribution < 1.29 is 22.8 Å². The van der Waals surface area contributed by atoms with Crippen LogP contribution in [-0.4, -0.2) is 59.2 Å². The zero-order valence-corrected chi connectivity index (χ0v) is 22.2. The Labute approximate surface area is 222 Å². The molecule has 2 amide bonds. The maximum Gasteiger partial charge on any atom is 0.417 e. The van der Waals surface area contributed by atoms with E-state index >= 15 is 0 Å². The number of aromatic nitrogens is 2. The van der Waals surface area contributed by atoms with Crippen molar-refractivity contribution in [2.45, 2.75) is 88.5 Å². The molecule has 1 atom stereocenters. The van der Waals surface area contributed by atoms with Gasteiger partial charge in [-0.25, -0.2) is 0 Å². The van der Waals surface area contributed by atoms with E-state index in [-0.39, 0.29) is 35.7 Å². The molecule has 2 aliphatic carbocycles. The highest BCUT2D eigenvalue weighted by molar-refractivity contribution is 5.94. The molecule has 7 nitrogen and oxygen atoms in total. The van der Waals surface area contributed by atoms with E-state index in [1.54, 1.807) is 10.7 Å². The number of nitrogens with zero attached hydrogens (tertiary/aromatic N) is 3. The van der Waals surface area contributed by atoms with Crippen molar-refractivity contribution in [3.8, 4) is 11.3 Å². The molecule has 10 heteroatoms. The molecule has 1 aromatic heterocycles. The van der Waals surface area contributed by atoms with Crippen molar-refractivity contribution >= 4 is 11.8 Å². The number of carbonyl (C=O) groups is 2. The van der Waals surface area contributed by atoms with Crippen molar-refractivity contribution in [1.82, 2.24) is 25.3 Å². The molecule has 0 spiro atoms. The van der Waals surface area contributed by atoms with Gasteiger partial charge in [-0.05, 0) is 77.7 Å². The van der Waals surface area contributed by atoms with Crippen LogP contribution in [0.1, 0.15) is 86.3 Å². The molecule has 0 radical (unpaired) electrons. The predicted octanol–water partition coefficient (Wildman–Crippen LogP) is 5.18. The lowest BCUT2D eigenvalue weighted by Gasteiger charge is -2.27. The van der Waals surface area contributed by atoms with Crippen molar-refractivity contribution in [3.63, 3.8) is 0 Å². The standard InChI is InChI=1S/C28H38F3N5O2/c1-35(2)16-8-11-20(17-26(37)32-19-9-7-10-19)33-27(38)24-18-25(36(34-24)21-12-3-4-13-21)22-14-5-6-15-23(22)28(29,30)31/h5-6,14-15,18-21H,3-4,7-13,16-17H2,1-2H3,(H,32,37)(H,33,38)/t20-/m0/s1. The molecule has 0 saturated heterocycles. The number of nitrogens with one attached hydrogen (secondary N) is 2. The van der Waals surface area contributed by atoms with E-state index in [1.165, 1.54) is 18.2 Å². The number of alkyl halides is 3. The van der Waals surface area contributed by atoms with Gasteiger partial charge in [0.25, 0.3) is 5.91 Å². The molecular formula is C28H38F3N5O2. The third-order valence-corrected chi connectivity index (χ3v) is 7.54. The van der Waals surface area contributed by atoms with Crippen LogP contribution < -0.4 is 10.6 Å². The first-order valence-corrected chi connectivity index (χ1v) is 13.6. The second-order valence-electron chi connectivity index (χ2n) is 10.9. The van der Waals surface area contributed by atoms with Crippen molar-refractivity contribution in [2.24, 2.45) is 0 Å². The second-order valence-corrected chi connectivity index (χ2v) is 10.9. The van der Waals surface area contributed by atoms with Gasteiger partial charge < -0.3 is 15.5 Å². The van der Waals surface area contributed by atoms with E-state index < -0.39 is 23.7 Å². The Bertz CT molecular complexity index is 1100. The molecular weight excluding hydrogens is 495 g/mol. The van der Waals surface area contributed by atoms with Crippen LogP contribution in [0, 0.1) is 0 Å². The van der Waals surface area contributed by atoms with Crippen LogP contribution in [0.5, 0.6) is 0 Å². The highest BCUT2D eigenvalue weighted by Crippen LogP contribution is 2.40. The Morgan fingerprint density at radius 2 is 1.82 bits per heavy atom. The van der Waals surface area contributed by atoms with Gasteiger partial charge in [0.1, 0.15) is 0 Å². The van der Waals surface area contributed by atoms with Crippen LogP contribution in [0.4, 0.5) is 13.2 Å². The normalized spacial score (nSPS) is 17.4.